The second-order valence-corrected chi connectivity index (χ2v) is 12.9. The fourth-order valence-corrected chi connectivity index (χ4v) is 6.82. The predicted molar refractivity (Wildman–Crippen MR) is 191 cm³/mol. The molecule has 1 amide bonds. The number of rotatable bonds is 9. The summed E-state index contributed by atoms with van der Waals surface area (Å²) in [4.78, 5) is 37.0. The third-order valence-electron chi connectivity index (χ3n) is 9.31. The highest BCUT2D eigenvalue weighted by Crippen LogP contribution is 2.38. The van der Waals surface area contributed by atoms with Crippen molar-refractivity contribution in [2.75, 3.05) is 27.2 Å². The SMILES string of the molecule is CN(C)CCNC(=O)c1ccc(-c2ccccc2)c(-c2ccc3cc(-c4nc5cc(C(=O)O)ccc5n4C4CCCCC4)ccc3n2)c1. The normalized spacial score (nSPS) is 13.7. The van der Waals surface area contributed by atoms with Gasteiger partial charge >= 0.3 is 5.97 Å². The fourth-order valence-electron chi connectivity index (χ4n) is 6.82. The van der Waals surface area contributed by atoms with Crippen LogP contribution in [-0.4, -0.2) is 63.6 Å². The number of aromatic carboxylic acids is 1. The first-order chi connectivity index (χ1) is 23.4. The average molecular weight is 638 g/mol. The highest BCUT2D eigenvalue weighted by Gasteiger charge is 2.23. The zero-order valence-corrected chi connectivity index (χ0v) is 27.3. The van der Waals surface area contributed by atoms with Crippen molar-refractivity contribution in [3.05, 3.63) is 108 Å². The molecular weight excluding hydrogens is 598 g/mol. The lowest BCUT2D eigenvalue weighted by Crippen LogP contribution is -2.31. The molecule has 2 heterocycles. The van der Waals surface area contributed by atoms with Gasteiger partial charge < -0.3 is 19.9 Å². The lowest BCUT2D eigenvalue weighted by Gasteiger charge is -2.25. The summed E-state index contributed by atoms with van der Waals surface area (Å²) in [6.45, 7) is 1.32. The van der Waals surface area contributed by atoms with Crippen molar-refractivity contribution in [1.82, 2.24) is 24.8 Å². The number of carbonyl (C=O) groups excluding carboxylic acids is 1. The number of pyridine rings is 1. The highest BCUT2D eigenvalue weighted by molar-refractivity contribution is 5.98. The lowest BCUT2D eigenvalue weighted by atomic mass is 9.94. The Bertz CT molecular complexity index is 2130. The molecule has 0 saturated heterocycles. The van der Waals surface area contributed by atoms with Gasteiger partial charge in [0.15, 0.2) is 0 Å². The number of carboxylic acid groups (broad SMARTS) is 1. The molecular formula is C40H39N5O3. The zero-order valence-electron chi connectivity index (χ0n) is 27.3. The summed E-state index contributed by atoms with van der Waals surface area (Å²) >= 11 is 0. The van der Waals surface area contributed by atoms with Crippen LogP contribution in [-0.2, 0) is 0 Å². The van der Waals surface area contributed by atoms with Crippen LogP contribution in [0.4, 0.5) is 0 Å². The number of imidazole rings is 1. The molecule has 2 N–H and O–H groups in total. The minimum absolute atomic E-state index is 0.112. The van der Waals surface area contributed by atoms with Crippen LogP contribution < -0.4 is 5.32 Å². The summed E-state index contributed by atoms with van der Waals surface area (Å²) in [7, 11) is 3.97. The number of nitrogens with zero attached hydrogens (tertiary/aromatic N) is 4. The van der Waals surface area contributed by atoms with Gasteiger partial charge in [0.05, 0.1) is 27.8 Å². The van der Waals surface area contributed by atoms with Crippen molar-refractivity contribution in [3.63, 3.8) is 0 Å². The summed E-state index contributed by atoms with van der Waals surface area (Å²) in [5.74, 6) is -0.214. The minimum Gasteiger partial charge on any atom is -0.478 e. The third kappa shape index (κ3) is 6.31. The van der Waals surface area contributed by atoms with Gasteiger partial charge in [-0.15, -0.1) is 0 Å². The van der Waals surface area contributed by atoms with Crippen LogP contribution in [0, 0.1) is 0 Å². The second-order valence-electron chi connectivity index (χ2n) is 12.9. The summed E-state index contributed by atoms with van der Waals surface area (Å²) in [6.07, 6.45) is 5.74. The van der Waals surface area contributed by atoms with E-state index in [9.17, 15) is 14.7 Å². The van der Waals surface area contributed by atoms with Crippen LogP contribution >= 0.6 is 0 Å². The first kappa shape index (κ1) is 31.3. The number of benzene rings is 4. The Morgan fingerprint density at radius 1 is 0.792 bits per heavy atom. The van der Waals surface area contributed by atoms with Gasteiger partial charge in [-0.2, -0.15) is 0 Å². The first-order valence-corrected chi connectivity index (χ1v) is 16.6. The summed E-state index contributed by atoms with van der Waals surface area (Å²) < 4.78 is 2.32. The van der Waals surface area contributed by atoms with Crippen LogP contribution in [0.25, 0.3) is 55.7 Å². The van der Waals surface area contributed by atoms with Crippen molar-refractivity contribution in [2.45, 2.75) is 38.1 Å². The van der Waals surface area contributed by atoms with Gasteiger partial charge in [-0.1, -0.05) is 61.7 Å². The summed E-state index contributed by atoms with van der Waals surface area (Å²) in [6, 6.07) is 31.9. The maximum Gasteiger partial charge on any atom is 0.335 e. The fraction of sp³-hybridized carbons (Fsp3) is 0.250. The smallest absolute Gasteiger partial charge is 0.335 e. The number of nitrogens with one attached hydrogen (secondary N) is 1. The highest BCUT2D eigenvalue weighted by atomic mass is 16.4. The molecule has 0 spiro atoms. The van der Waals surface area contributed by atoms with Gasteiger partial charge in [-0.25, -0.2) is 14.8 Å². The number of fused-ring (bicyclic) bond motifs is 2. The van der Waals surface area contributed by atoms with E-state index < -0.39 is 5.97 Å². The van der Waals surface area contributed by atoms with Gasteiger partial charge in [-0.05, 0) is 92.7 Å². The van der Waals surface area contributed by atoms with E-state index in [4.69, 9.17) is 9.97 Å². The molecule has 1 aliphatic rings. The minimum atomic E-state index is -0.954. The number of hydrogen-bond donors (Lipinski definition) is 2. The maximum absolute atomic E-state index is 13.1. The van der Waals surface area contributed by atoms with E-state index in [2.05, 4.69) is 40.2 Å². The molecule has 4 aromatic carbocycles. The Hall–Kier alpha value is -5.34. The molecule has 0 unspecified atom stereocenters. The Kier molecular flexibility index (Phi) is 8.74. The average Bonchev–Trinajstić information content (AvgIpc) is 3.50. The molecule has 0 aliphatic heterocycles. The monoisotopic (exact) mass is 637 g/mol. The Morgan fingerprint density at radius 2 is 1.58 bits per heavy atom. The topological polar surface area (TPSA) is 100 Å². The van der Waals surface area contributed by atoms with E-state index in [0.717, 1.165) is 69.6 Å². The molecule has 1 saturated carbocycles. The number of carbonyl (C=O) groups is 2. The quantitative estimate of drug-likeness (QED) is 0.166. The van der Waals surface area contributed by atoms with Crippen molar-refractivity contribution >= 4 is 33.8 Å². The standard InChI is InChI=1S/C40H39N5O3/c1-44(2)22-21-41-39(46)29-13-17-32(26-9-5-3-6-10-26)33(24-29)35-19-14-27-23-28(15-18-34(27)42-35)38-43-36-25-30(40(47)48)16-20-37(36)45(38)31-11-7-4-8-12-31/h3,5-6,9-10,13-20,23-25,31H,4,7-8,11-12,21-22H2,1-2H3,(H,41,46)(H,47,48). The Labute approximate surface area is 280 Å². The molecule has 8 nitrogen and oxygen atoms in total. The van der Waals surface area contributed by atoms with Gasteiger partial charge in [0.1, 0.15) is 5.82 Å². The van der Waals surface area contributed by atoms with Crippen LogP contribution in [0.2, 0.25) is 0 Å². The van der Waals surface area contributed by atoms with Crippen molar-refractivity contribution in [1.29, 1.82) is 0 Å². The number of likely N-dealkylation sites (N-methyl/N-ethyl adjacent to an activating group) is 1. The third-order valence-corrected chi connectivity index (χ3v) is 9.31. The summed E-state index contributed by atoms with van der Waals surface area (Å²) in [5, 5.41) is 13.6. The molecule has 0 atom stereocenters. The van der Waals surface area contributed by atoms with Gasteiger partial charge in [0, 0.05) is 41.2 Å². The van der Waals surface area contributed by atoms with Crippen molar-refractivity contribution < 1.29 is 14.7 Å². The molecule has 0 radical (unpaired) electrons. The van der Waals surface area contributed by atoms with E-state index in [1.54, 1.807) is 12.1 Å². The maximum atomic E-state index is 13.1. The van der Waals surface area contributed by atoms with Gasteiger partial charge in [-0.3, -0.25) is 4.79 Å². The lowest BCUT2D eigenvalue weighted by molar-refractivity contribution is 0.0696. The van der Waals surface area contributed by atoms with Gasteiger partial charge in [0.2, 0.25) is 0 Å². The molecule has 48 heavy (non-hydrogen) atoms. The number of aromatic nitrogens is 3. The van der Waals surface area contributed by atoms with Crippen LogP contribution in [0.5, 0.6) is 0 Å². The molecule has 7 rings (SSSR count). The van der Waals surface area contributed by atoms with Crippen LogP contribution in [0.1, 0.15) is 58.9 Å². The molecule has 0 bridgehead atoms. The van der Waals surface area contributed by atoms with Crippen molar-refractivity contribution in [2.24, 2.45) is 0 Å². The van der Waals surface area contributed by atoms with E-state index in [1.165, 1.54) is 19.3 Å². The van der Waals surface area contributed by atoms with Gasteiger partial charge in [0.25, 0.3) is 5.91 Å². The van der Waals surface area contributed by atoms with E-state index in [0.29, 0.717) is 23.7 Å². The molecule has 2 aromatic heterocycles. The van der Waals surface area contributed by atoms with E-state index in [1.807, 2.05) is 73.6 Å². The largest absolute Gasteiger partial charge is 0.478 e. The van der Waals surface area contributed by atoms with Crippen LogP contribution in [0.15, 0.2) is 97.1 Å². The Balaban J connectivity index is 1.29. The van der Waals surface area contributed by atoms with Crippen molar-refractivity contribution in [3.8, 4) is 33.8 Å². The number of hydrogen-bond acceptors (Lipinski definition) is 5. The molecule has 1 aliphatic carbocycles. The van der Waals surface area contributed by atoms with Crippen LogP contribution in [0.3, 0.4) is 0 Å². The second kappa shape index (κ2) is 13.4. The molecule has 6 aromatic rings. The first-order valence-electron chi connectivity index (χ1n) is 16.6. The van der Waals surface area contributed by atoms with E-state index >= 15 is 0 Å². The molecule has 8 heteroatoms. The number of carboxylic acids is 1. The Morgan fingerprint density at radius 3 is 2.35 bits per heavy atom. The number of amides is 1. The molecule has 1 fully saturated rings. The summed E-state index contributed by atoms with van der Waals surface area (Å²) in [5.41, 5.74) is 8.03. The zero-order chi connectivity index (χ0) is 33.2. The predicted octanol–water partition coefficient (Wildman–Crippen LogP) is 8.08. The van der Waals surface area contributed by atoms with E-state index in [-0.39, 0.29) is 11.5 Å². The molecule has 242 valence electrons.